The van der Waals surface area contributed by atoms with Crippen LogP contribution in [0.5, 0.6) is 0 Å². The van der Waals surface area contributed by atoms with Gasteiger partial charge in [0.25, 0.3) is 0 Å². The van der Waals surface area contributed by atoms with Crippen LogP contribution >= 0.6 is 11.6 Å². The Morgan fingerprint density at radius 3 is 2.79 bits per heavy atom. The minimum absolute atomic E-state index is 0.000772. The highest BCUT2D eigenvalue weighted by Gasteiger charge is 2.17. The highest BCUT2D eigenvalue weighted by molar-refractivity contribution is 6.30. The SMILES string of the molecule is CNC(Cc1cccc(Cl)c1F)c1cc(C)nn1C. The van der Waals surface area contributed by atoms with E-state index < -0.39 is 0 Å². The van der Waals surface area contributed by atoms with Gasteiger partial charge in [-0.05, 0) is 38.1 Å². The van der Waals surface area contributed by atoms with Gasteiger partial charge in [-0.2, -0.15) is 5.10 Å². The summed E-state index contributed by atoms with van der Waals surface area (Å²) in [7, 11) is 3.75. The number of benzene rings is 1. The Morgan fingerprint density at radius 1 is 1.47 bits per heavy atom. The van der Waals surface area contributed by atoms with Gasteiger partial charge in [-0.1, -0.05) is 23.7 Å². The van der Waals surface area contributed by atoms with Crippen molar-refractivity contribution in [2.24, 2.45) is 7.05 Å². The van der Waals surface area contributed by atoms with Crippen molar-refractivity contribution in [1.82, 2.24) is 15.1 Å². The molecule has 0 spiro atoms. The predicted molar refractivity (Wildman–Crippen MR) is 74.9 cm³/mol. The van der Waals surface area contributed by atoms with Crippen molar-refractivity contribution >= 4 is 11.6 Å². The molecule has 19 heavy (non-hydrogen) atoms. The van der Waals surface area contributed by atoms with Crippen LogP contribution in [0.15, 0.2) is 24.3 Å². The third-order valence-corrected chi connectivity index (χ3v) is 3.49. The van der Waals surface area contributed by atoms with Gasteiger partial charge in [-0.15, -0.1) is 0 Å². The van der Waals surface area contributed by atoms with Gasteiger partial charge >= 0.3 is 0 Å². The predicted octanol–water partition coefficient (Wildman–Crippen LogP) is 3.02. The zero-order chi connectivity index (χ0) is 14.0. The lowest BCUT2D eigenvalue weighted by Gasteiger charge is -2.17. The number of rotatable bonds is 4. The highest BCUT2D eigenvalue weighted by atomic mass is 35.5. The molecule has 3 nitrogen and oxygen atoms in total. The molecule has 0 fully saturated rings. The van der Waals surface area contributed by atoms with Gasteiger partial charge in [-0.3, -0.25) is 4.68 Å². The van der Waals surface area contributed by atoms with E-state index in [1.54, 1.807) is 18.2 Å². The van der Waals surface area contributed by atoms with E-state index in [9.17, 15) is 4.39 Å². The van der Waals surface area contributed by atoms with E-state index in [0.29, 0.717) is 12.0 Å². The molecule has 0 aliphatic carbocycles. The van der Waals surface area contributed by atoms with E-state index in [1.807, 2.05) is 31.8 Å². The summed E-state index contributed by atoms with van der Waals surface area (Å²) < 4.78 is 15.8. The molecule has 1 heterocycles. The van der Waals surface area contributed by atoms with E-state index in [1.165, 1.54) is 0 Å². The maximum absolute atomic E-state index is 13.9. The molecule has 0 saturated heterocycles. The summed E-state index contributed by atoms with van der Waals surface area (Å²) in [5.74, 6) is -0.344. The zero-order valence-electron chi connectivity index (χ0n) is 11.2. The second-order valence-corrected chi connectivity index (χ2v) is 5.00. The van der Waals surface area contributed by atoms with E-state index in [0.717, 1.165) is 11.4 Å². The molecular formula is C14H17ClFN3. The molecule has 1 aromatic heterocycles. The number of likely N-dealkylation sites (N-methyl/N-ethyl adjacent to an activating group) is 1. The largest absolute Gasteiger partial charge is 0.311 e. The van der Waals surface area contributed by atoms with Gasteiger partial charge in [0.05, 0.1) is 22.5 Å². The lowest BCUT2D eigenvalue weighted by Crippen LogP contribution is -2.22. The molecule has 1 unspecified atom stereocenters. The Labute approximate surface area is 117 Å². The Hall–Kier alpha value is -1.39. The van der Waals surface area contributed by atoms with Crippen LogP contribution in [-0.2, 0) is 13.5 Å². The first-order chi connectivity index (χ1) is 9.02. The van der Waals surface area contributed by atoms with Crippen molar-refractivity contribution in [1.29, 1.82) is 0 Å². The molecule has 0 amide bonds. The topological polar surface area (TPSA) is 29.9 Å². The summed E-state index contributed by atoms with van der Waals surface area (Å²) in [5, 5.41) is 7.68. The third kappa shape index (κ3) is 2.96. The van der Waals surface area contributed by atoms with Crippen LogP contribution in [0.2, 0.25) is 5.02 Å². The number of nitrogens with one attached hydrogen (secondary N) is 1. The third-order valence-electron chi connectivity index (χ3n) is 3.20. The van der Waals surface area contributed by atoms with Crippen LogP contribution < -0.4 is 5.32 Å². The maximum Gasteiger partial charge on any atom is 0.145 e. The first-order valence-corrected chi connectivity index (χ1v) is 6.51. The number of hydrogen-bond acceptors (Lipinski definition) is 2. The Bertz CT molecular complexity index is 580. The van der Waals surface area contributed by atoms with Crippen LogP contribution in [0.4, 0.5) is 4.39 Å². The van der Waals surface area contributed by atoms with Gasteiger partial charge in [0.2, 0.25) is 0 Å². The average molecular weight is 282 g/mol. The number of aryl methyl sites for hydroxylation is 2. The fraction of sp³-hybridized carbons (Fsp3) is 0.357. The summed E-state index contributed by atoms with van der Waals surface area (Å²) in [6.07, 6.45) is 0.530. The van der Waals surface area contributed by atoms with Crippen molar-refractivity contribution in [2.75, 3.05) is 7.05 Å². The fourth-order valence-corrected chi connectivity index (χ4v) is 2.43. The Balaban J connectivity index is 2.29. The summed E-state index contributed by atoms with van der Waals surface area (Å²) in [6, 6.07) is 7.09. The second-order valence-electron chi connectivity index (χ2n) is 4.59. The van der Waals surface area contributed by atoms with Crippen LogP contribution in [0.3, 0.4) is 0 Å². The number of hydrogen-bond donors (Lipinski definition) is 1. The van der Waals surface area contributed by atoms with Gasteiger partial charge in [0.15, 0.2) is 0 Å². The minimum atomic E-state index is -0.344. The molecular weight excluding hydrogens is 265 g/mol. The average Bonchev–Trinajstić information content (AvgIpc) is 2.70. The number of halogens is 2. The molecule has 1 aromatic carbocycles. The van der Waals surface area contributed by atoms with Crippen molar-refractivity contribution in [2.45, 2.75) is 19.4 Å². The van der Waals surface area contributed by atoms with Crippen molar-refractivity contribution < 1.29 is 4.39 Å². The van der Waals surface area contributed by atoms with Crippen molar-refractivity contribution in [3.8, 4) is 0 Å². The van der Waals surface area contributed by atoms with E-state index in [2.05, 4.69) is 10.4 Å². The van der Waals surface area contributed by atoms with Gasteiger partial charge < -0.3 is 5.32 Å². The number of nitrogens with zero attached hydrogens (tertiary/aromatic N) is 2. The van der Waals surface area contributed by atoms with Crippen LogP contribution in [0, 0.1) is 12.7 Å². The number of aromatic nitrogens is 2. The molecule has 102 valence electrons. The van der Waals surface area contributed by atoms with E-state index in [-0.39, 0.29) is 16.9 Å². The summed E-state index contributed by atoms with van der Waals surface area (Å²) >= 11 is 5.81. The zero-order valence-corrected chi connectivity index (χ0v) is 12.0. The molecule has 0 bridgehead atoms. The smallest absolute Gasteiger partial charge is 0.145 e. The molecule has 5 heteroatoms. The van der Waals surface area contributed by atoms with Crippen LogP contribution in [0.25, 0.3) is 0 Å². The molecule has 1 atom stereocenters. The highest BCUT2D eigenvalue weighted by Crippen LogP contribution is 2.24. The van der Waals surface area contributed by atoms with Crippen molar-refractivity contribution in [3.05, 3.63) is 52.1 Å². The minimum Gasteiger partial charge on any atom is -0.311 e. The standard InChI is InChI=1S/C14H17ClFN3/c1-9-7-13(19(3)18-9)12(17-2)8-10-5-4-6-11(15)14(10)16/h4-7,12,17H,8H2,1-3H3. The first-order valence-electron chi connectivity index (χ1n) is 6.13. The quantitative estimate of drug-likeness (QED) is 0.934. The normalized spacial score (nSPS) is 12.7. The Morgan fingerprint density at radius 2 is 2.21 bits per heavy atom. The monoisotopic (exact) mass is 281 g/mol. The lowest BCUT2D eigenvalue weighted by atomic mass is 10.0. The summed E-state index contributed by atoms with van der Waals surface area (Å²) in [4.78, 5) is 0. The molecule has 1 N–H and O–H groups in total. The fourth-order valence-electron chi connectivity index (χ4n) is 2.24. The molecule has 0 aliphatic rings. The maximum atomic E-state index is 13.9. The molecule has 2 aromatic rings. The lowest BCUT2D eigenvalue weighted by molar-refractivity contribution is 0.519. The summed E-state index contributed by atoms with van der Waals surface area (Å²) in [5.41, 5.74) is 2.58. The Kier molecular flexibility index (Phi) is 4.22. The van der Waals surface area contributed by atoms with Crippen LogP contribution in [-0.4, -0.2) is 16.8 Å². The van der Waals surface area contributed by atoms with Gasteiger partial charge in [-0.25, -0.2) is 4.39 Å². The van der Waals surface area contributed by atoms with Gasteiger partial charge in [0.1, 0.15) is 5.82 Å². The second kappa shape index (κ2) is 5.72. The molecule has 0 radical (unpaired) electrons. The van der Waals surface area contributed by atoms with Gasteiger partial charge in [0, 0.05) is 7.05 Å². The van der Waals surface area contributed by atoms with E-state index in [4.69, 9.17) is 11.6 Å². The summed E-state index contributed by atoms with van der Waals surface area (Å²) in [6.45, 7) is 1.94. The molecule has 2 rings (SSSR count). The van der Waals surface area contributed by atoms with Crippen LogP contribution in [0.1, 0.15) is 23.0 Å². The molecule has 0 saturated carbocycles. The first kappa shape index (κ1) is 14.0. The van der Waals surface area contributed by atoms with Crippen molar-refractivity contribution in [3.63, 3.8) is 0 Å². The van der Waals surface area contributed by atoms with E-state index >= 15 is 0 Å². The molecule has 0 aliphatic heterocycles.